The number of fused-ring (bicyclic) bond motifs is 1. The standard InChI is InChI=1S/C45H78O8Si2/c1-31(2)52-55(49-12,45(9,10)44(7,8)53-54(48-11,43(4,5)6)27-25-34-16-24-40-41(30-34)50-40)28-26-33-15-23-39(38(46)29-33)51-42(47)37-21-19-36(20-22-37)35-17-13-32(3)14-18-35/h19-22,31-35,38-41,46H,13-18,23-30H2,1-12H3. The highest BCUT2D eigenvalue weighted by atomic mass is 28.4. The van der Waals surface area contributed by atoms with Crippen LogP contribution in [-0.4, -0.2) is 78.5 Å². The molecule has 8 nitrogen and oxygen atoms in total. The van der Waals surface area contributed by atoms with E-state index in [9.17, 15) is 9.90 Å². The van der Waals surface area contributed by atoms with Crippen LogP contribution < -0.4 is 0 Å². The summed E-state index contributed by atoms with van der Waals surface area (Å²) in [4.78, 5) is 13.2. The molecule has 1 heterocycles. The van der Waals surface area contributed by atoms with E-state index in [4.69, 9.17) is 27.2 Å². The highest BCUT2D eigenvalue weighted by Gasteiger charge is 2.63. The number of rotatable bonds is 17. The third-order valence-corrected chi connectivity index (χ3v) is 24.4. The number of carbonyl (C=O) groups is 1. The summed E-state index contributed by atoms with van der Waals surface area (Å²) in [6.45, 7) is 22.4. The lowest BCUT2D eigenvalue weighted by Crippen LogP contribution is -2.64. The number of aliphatic hydroxyl groups excluding tert-OH is 1. The van der Waals surface area contributed by atoms with Gasteiger partial charge in [-0.25, -0.2) is 4.79 Å². The molecule has 8 atom stereocenters. The summed E-state index contributed by atoms with van der Waals surface area (Å²) in [5, 5.41) is 10.7. The number of hydrogen-bond acceptors (Lipinski definition) is 8. The van der Waals surface area contributed by atoms with Gasteiger partial charge < -0.3 is 32.3 Å². The Labute approximate surface area is 337 Å². The van der Waals surface area contributed by atoms with Gasteiger partial charge in [-0.15, -0.1) is 0 Å². The number of hydrogen-bond donors (Lipinski definition) is 1. The highest BCUT2D eigenvalue weighted by Crippen LogP contribution is 2.56. The maximum absolute atomic E-state index is 13.2. The Morgan fingerprint density at radius 3 is 1.93 bits per heavy atom. The minimum Gasteiger partial charge on any atom is -0.456 e. The van der Waals surface area contributed by atoms with Crippen LogP contribution in [0.2, 0.25) is 22.2 Å². The van der Waals surface area contributed by atoms with E-state index in [1.807, 2.05) is 26.4 Å². The minimum absolute atomic E-state index is 0.0188. The molecule has 1 aromatic carbocycles. The fourth-order valence-electron chi connectivity index (χ4n) is 10.2. The summed E-state index contributed by atoms with van der Waals surface area (Å²) in [5.74, 6) is 1.97. The van der Waals surface area contributed by atoms with Crippen molar-refractivity contribution >= 4 is 23.1 Å². The smallest absolute Gasteiger partial charge is 0.346 e. The molecule has 0 amide bonds. The van der Waals surface area contributed by atoms with Crippen LogP contribution in [0.5, 0.6) is 0 Å². The first kappa shape index (κ1) is 45.0. The van der Waals surface area contributed by atoms with E-state index in [2.05, 4.69) is 81.4 Å². The van der Waals surface area contributed by atoms with Gasteiger partial charge in [-0.1, -0.05) is 66.5 Å². The van der Waals surface area contributed by atoms with Crippen molar-refractivity contribution in [3.8, 4) is 0 Å². The fourth-order valence-corrected chi connectivity index (χ4v) is 18.6. The van der Waals surface area contributed by atoms with Crippen molar-refractivity contribution in [2.45, 2.75) is 210 Å². The molecular formula is C45H78O8Si2. The average Bonchev–Trinajstić information content (AvgIpc) is 3.91. The molecule has 0 spiro atoms. The van der Waals surface area contributed by atoms with Crippen molar-refractivity contribution in [2.75, 3.05) is 14.2 Å². The zero-order valence-corrected chi connectivity index (χ0v) is 38.7. The molecule has 1 N–H and O–H groups in total. The summed E-state index contributed by atoms with van der Waals surface area (Å²) in [6, 6.07) is 9.71. The van der Waals surface area contributed by atoms with Gasteiger partial charge in [0, 0.05) is 30.4 Å². The van der Waals surface area contributed by atoms with Crippen molar-refractivity contribution in [2.24, 2.45) is 17.8 Å². The molecule has 4 fully saturated rings. The summed E-state index contributed by atoms with van der Waals surface area (Å²) in [6.07, 6.45) is 12.3. The second-order valence-corrected chi connectivity index (χ2v) is 28.3. The maximum atomic E-state index is 13.2. The molecule has 1 saturated heterocycles. The predicted octanol–water partition coefficient (Wildman–Crippen LogP) is 11.0. The van der Waals surface area contributed by atoms with E-state index in [-0.39, 0.29) is 23.0 Å². The van der Waals surface area contributed by atoms with Gasteiger partial charge in [0.05, 0.1) is 29.5 Å². The Morgan fingerprint density at radius 2 is 1.38 bits per heavy atom. The van der Waals surface area contributed by atoms with Crippen molar-refractivity contribution in [1.29, 1.82) is 0 Å². The molecule has 314 valence electrons. The predicted molar refractivity (Wildman–Crippen MR) is 225 cm³/mol. The molecule has 0 bridgehead atoms. The van der Waals surface area contributed by atoms with Gasteiger partial charge >= 0.3 is 23.1 Å². The first-order chi connectivity index (χ1) is 25.7. The topological polar surface area (TPSA) is 96.0 Å². The highest BCUT2D eigenvalue weighted by molar-refractivity contribution is 6.72. The lowest BCUT2D eigenvalue weighted by Gasteiger charge is -2.56. The number of aliphatic hydroxyl groups is 1. The fraction of sp³-hybridized carbons (Fsp3) is 0.844. The van der Waals surface area contributed by atoms with E-state index < -0.39 is 40.0 Å². The van der Waals surface area contributed by atoms with E-state index in [0.717, 1.165) is 43.7 Å². The van der Waals surface area contributed by atoms with E-state index in [1.54, 1.807) is 0 Å². The number of ether oxygens (including phenoxy) is 2. The molecule has 8 unspecified atom stereocenters. The number of benzene rings is 1. The van der Waals surface area contributed by atoms with Crippen LogP contribution in [0.3, 0.4) is 0 Å². The van der Waals surface area contributed by atoms with Crippen molar-refractivity contribution in [3.05, 3.63) is 35.4 Å². The molecule has 4 aliphatic rings. The quantitative estimate of drug-likeness (QED) is 0.0945. The minimum atomic E-state index is -2.98. The van der Waals surface area contributed by atoms with Gasteiger partial charge in [-0.05, 0) is 145 Å². The van der Waals surface area contributed by atoms with Crippen LogP contribution in [0.15, 0.2) is 24.3 Å². The number of carbonyl (C=O) groups excluding carboxylic acids is 1. The van der Waals surface area contributed by atoms with E-state index in [0.29, 0.717) is 42.4 Å². The van der Waals surface area contributed by atoms with Crippen LogP contribution in [-0.2, 0) is 27.2 Å². The van der Waals surface area contributed by atoms with E-state index >= 15 is 0 Å². The summed E-state index contributed by atoms with van der Waals surface area (Å²) >= 11 is 0. The van der Waals surface area contributed by atoms with Gasteiger partial charge in [0.2, 0.25) is 0 Å². The van der Waals surface area contributed by atoms with E-state index in [1.165, 1.54) is 44.1 Å². The van der Waals surface area contributed by atoms with Crippen LogP contribution >= 0.6 is 0 Å². The van der Waals surface area contributed by atoms with Gasteiger partial charge in [0.1, 0.15) is 6.10 Å². The van der Waals surface area contributed by atoms with Crippen molar-refractivity contribution in [3.63, 3.8) is 0 Å². The lowest BCUT2D eigenvalue weighted by atomic mass is 9.79. The molecule has 3 saturated carbocycles. The monoisotopic (exact) mass is 803 g/mol. The first-order valence-electron chi connectivity index (χ1n) is 21.9. The Balaban J connectivity index is 1.22. The van der Waals surface area contributed by atoms with Crippen LogP contribution in [0.1, 0.15) is 168 Å². The molecule has 3 aliphatic carbocycles. The third-order valence-electron chi connectivity index (χ3n) is 14.7. The second kappa shape index (κ2) is 18.0. The summed E-state index contributed by atoms with van der Waals surface area (Å²) in [7, 11) is -2.07. The van der Waals surface area contributed by atoms with Gasteiger partial charge in [0.25, 0.3) is 0 Å². The van der Waals surface area contributed by atoms with Crippen molar-refractivity contribution < 1.29 is 37.1 Å². The van der Waals surface area contributed by atoms with Gasteiger partial charge in [-0.2, -0.15) is 0 Å². The zero-order chi connectivity index (χ0) is 40.4. The Bertz CT molecular complexity index is 1390. The zero-order valence-electron chi connectivity index (χ0n) is 36.7. The van der Waals surface area contributed by atoms with Crippen LogP contribution in [0.25, 0.3) is 0 Å². The maximum Gasteiger partial charge on any atom is 0.346 e. The van der Waals surface area contributed by atoms with Crippen molar-refractivity contribution in [1.82, 2.24) is 0 Å². The molecule has 1 aromatic rings. The molecular weight excluding hydrogens is 725 g/mol. The van der Waals surface area contributed by atoms with Crippen LogP contribution in [0.4, 0.5) is 0 Å². The molecule has 0 aromatic heterocycles. The summed E-state index contributed by atoms with van der Waals surface area (Å²) < 4.78 is 39.6. The number of esters is 1. The average molecular weight is 803 g/mol. The molecule has 0 radical (unpaired) electrons. The van der Waals surface area contributed by atoms with Gasteiger partial charge in [-0.3, -0.25) is 0 Å². The Kier molecular flexibility index (Phi) is 14.7. The largest absolute Gasteiger partial charge is 0.456 e. The van der Waals surface area contributed by atoms with Crippen LogP contribution in [0, 0.1) is 17.8 Å². The summed E-state index contributed by atoms with van der Waals surface area (Å²) in [5.41, 5.74) is 1.26. The molecule has 10 heteroatoms. The second-order valence-electron chi connectivity index (χ2n) is 20.3. The number of epoxide rings is 1. The lowest BCUT2D eigenvalue weighted by molar-refractivity contribution is -0.0479. The molecule has 1 aliphatic heterocycles. The normalized spacial score (nSPS) is 31.3. The SMILES string of the molecule is CO[Si](CCC1CCC2OC2C1)(OC(C)(C)C(C)(C)[Si](CCC1CCC(OC(=O)c2ccc(C3CCC(C)CC3)cc2)C(O)C1)(OC)OC(C)C)C(C)(C)C. The Hall–Kier alpha value is -1.12. The third kappa shape index (κ3) is 10.4. The molecule has 55 heavy (non-hydrogen) atoms. The molecule has 5 rings (SSSR count). The van der Waals surface area contributed by atoms with Gasteiger partial charge in [0.15, 0.2) is 0 Å². The Morgan fingerprint density at radius 1 is 0.800 bits per heavy atom. The first-order valence-corrected chi connectivity index (χ1v) is 25.9.